The van der Waals surface area contributed by atoms with E-state index in [1.54, 1.807) is 6.08 Å². The van der Waals surface area contributed by atoms with Crippen molar-refractivity contribution in [3.63, 3.8) is 0 Å². The predicted molar refractivity (Wildman–Crippen MR) is 129 cm³/mol. The lowest BCUT2D eigenvalue weighted by Crippen LogP contribution is -2.45. The first kappa shape index (κ1) is 31.2. The zero-order chi connectivity index (χ0) is 24.5. The fourth-order valence-corrected chi connectivity index (χ4v) is 3.63. The molecule has 190 valence electrons. The lowest BCUT2D eigenvalue weighted by Gasteiger charge is -2.25. The number of nitrogens with one attached hydrogen (secondary N) is 1. The minimum absolute atomic E-state index is 0.0610. The van der Waals surface area contributed by atoms with Crippen molar-refractivity contribution >= 4 is 13.7 Å². The minimum atomic E-state index is -4.28. The largest absolute Gasteiger partial charge is 0.472 e. The molecule has 3 atom stereocenters. The molecule has 0 aliphatic rings. The first-order valence-corrected chi connectivity index (χ1v) is 13.6. The first-order chi connectivity index (χ1) is 15.0. The predicted octanol–water partition coefficient (Wildman–Crippen LogP) is 4.17. The van der Waals surface area contributed by atoms with Crippen LogP contribution < -0.4 is 5.32 Å². The second-order valence-electron chi connectivity index (χ2n) is 9.36. The zero-order valence-electron chi connectivity index (χ0n) is 20.9. The van der Waals surface area contributed by atoms with Gasteiger partial charge in [-0.05, 0) is 19.3 Å². The summed E-state index contributed by atoms with van der Waals surface area (Å²) in [6.45, 7) is 4.46. The van der Waals surface area contributed by atoms with Crippen molar-refractivity contribution in [2.75, 3.05) is 40.9 Å². The van der Waals surface area contributed by atoms with Gasteiger partial charge in [0, 0.05) is 6.42 Å². The Bertz CT molecular complexity index is 565. The number of allylic oxidation sites excluding steroid dienone is 1. The van der Waals surface area contributed by atoms with E-state index < -0.39 is 20.0 Å². The molecule has 0 heterocycles. The van der Waals surface area contributed by atoms with Crippen LogP contribution in [0, 0.1) is 0 Å². The number of carbonyl (C=O) groups excluding carboxylic acids is 1. The highest BCUT2D eigenvalue weighted by Gasteiger charge is 2.27. The van der Waals surface area contributed by atoms with Crippen LogP contribution in [0.15, 0.2) is 12.2 Å². The molecule has 0 aromatic rings. The van der Waals surface area contributed by atoms with Crippen LogP contribution in [0.4, 0.5) is 0 Å². The van der Waals surface area contributed by atoms with Gasteiger partial charge in [0.1, 0.15) is 13.2 Å². The maximum absolute atomic E-state index is 12.2. The van der Waals surface area contributed by atoms with Crippen molar-refractivity contribution in [1.82, 2.24) is 5.32 Å². The number of phosphoric ester groups is 1. The molecule has 0 aliphatic heterocycles. The van der Waals surface area contributed by atoms with Gasteiger partial charge >= 0.3 is 7.82 Å². The molecule has 0 saturated carbocycles. The van der Waals surface area contributed by atoms with Gasteiger partial charge in [0.25, 0.3) is 0 Å². The van der Waals surface area contributed by atoms with Crippen molar-refractivity contribution in [2.24, 2.45) is 0 Å². The van der Waals surface area contributed by atoms with Crippen LogP contribution in [0.2, 0.25) is 0 Å². The van der Waals surface area contributed by atoms with Crippen molar-refractivity contribution in [3.8, 4) is 0 Å². The fourth-order valence-electron chi connectivity index (χ4n) is 2.90. The molecule has 0 rings (SSSR count). The number of unbranched alkanes of at least 4 members (excludes halogenated alkanes) is 7. The number of likely N-dealkylation sites (N-methyl/N-ethyl adjacent to an activating group) is 1. The van der Waals surface area contributed by atoms with Gasteiger partial charge in [-0.25, -0.2) is 4.57 Å². The molecule has 32 heavy (non-hydrogen) atoms. The average Bonchev–Trinajstić information content (AvgIpc) is 2.70. The molecule has 3 unspecified atom stereocenters. The molecule has 0 fully saturated rings. The summed E-state index contributed by atoms with van der Waals surface area (Å²) in [6.07, 6.45) is 12.4. The Kier molecular flexibility index (Phi) is 17.3. The van der Waals surface area contributed by atoms with Crippen LogP contribution in [-0.2, 0) is 18.4 Å². The van der Waals surface area contributed by atoms with E-state index in [0.29, 0.717) is 17.4 Å². The Hall–Kier alpha value is -0.760. The SMILES string of the molecule is CCCCCCCC/C=C/C(O)C(COP(=O)(O)OCC[N+](C)(C)C)NC(=O)CCCC. The fraction of sp³-hybridized carbons (Fsp3) is 0.870. The first-order valence-electron chi connectivity index (χ1n) is 12.1. The summed E-state index contributed by atoms with van der Waals surface area (Å²) in [5.74, 6) is -0.220. The number of carbonyl (C=O) groups is 1. The summed E-state index contributed by atoms with van der Waals surface area (Å²) >= 11 is 0. The van der Waals surface area contributed by atoms with Gasteiger partial charge in [0.15, 0.2) is 0 Å². The number of nitrogens with zero attached hydrogens (tertiary/aromatic N) is 1. The third kappa shape index (κ3) is 18.8. The van der Waals surface area contributed by atoms with Gasteiger partial charge in [-0.15, -0.1) is 0 Å². The Morgan fingerprint density at radius 2 is 1.66 bits per heavy atom. The van der Waals surface area contributed by atoms with E-state index in [4.69, 9.17) is 9.05 Å². The normalized spacial score (nSPS) is 16.1. The van der Waals surface area contributed by atoms with Crippen LogP contribution in [0.5, 0.6) is 0 Å². The molecule has 0 bridgehead atoms. The van der Waals surface area contributed by atoms with Gasteiger partial charge < -0.3 is 19.8 Å². The molecule has 0 radical (unpaired) electrons. The van der Waals surface area contributed by atoms with E-state index in [2.05, 4.69) is 12.2 Å². The number of phosphoric acid groups is 1. The second-order valence-corrected chi connectivity index (χ2v) is 10.8. The Labute approximate surface area is 195 Å². The summed E-state index contributed by atoms with van der Waals surface area (Å²) in [5.41, 5.74) is 0. The maximum Gasteiger partial charge on any atom is 0.472 e. The topological polar surface area (TPSA) is 105 Å². The molecular formula is C23H48N2O6P+. The van der Waals surface area contributed by atoms with E-state index in [0.717, 1.165) is 32.1 Å². The monoisotopic (exact) mass is 479 g/mol. The molecule has 1 amide bonds. The summed E-state index contributed by atoms with van der Waals surface area (Å²) in [5, 5.41) is 13.3. The van der Waals surface area contributed by atoms with Gasteiger partial charge in [-0.1, -0.05) is 64.5 Å². The summed E-state index contributed by atoms with van der Waals surface area (Å²) in [6, 6.07) is -0.831. The zero-order valence-corrected chi connectivity index (χ0v) is 21.8. The summed E-state index contributed by atoms with van der Waals surface area (Å²) < 4.78 is 22.9. The van der Waals surface area contributed by atoms with E-state index >= 15 is 0 Å². The quantitative estimate of drug-likeness (QED) is 0.105. The third-order valence-corrected chi connectivity index (χ3v) is 5.99. The number of hydrogen-bond donors (Lipinski definition) is 3. The number of aliphatic hydroxyl groups excluding tert-OH is 1. The van der Waals surface area contributed by atoms with Gasteiger partial charge in [0.2, 0.25) is 5.91 Å². The van der Waals surface area contributed by atoms with Gasteiger partial charge in [-0.2, -0.15) is 0 Å². The van der Waals surface area contributed by atoms with E-state index in [1.165, 1.54) is 25.7 Å². The Morgan fingerprint density at radius 3 is 2.28 bits per heavy atom. The molecule has 3 N–H and O–H groups in total. The number of hydrogen-bond acceptors (Lipinski definition) is 5. The van der Waals surface area contributed by atoms with Crippen LogP contribution in [0.25, 0.3) is 0 Å². The van der Waals surface area contributed by atoms with Crippen molar-refractivity contribution in [3.05, 3.63) is 12.2 Å². The van der Waals surface area contributed by atoms with Gasteiger partial charge in [0.05, 0.1) is 39.9 Å². The van der Waals surface area contributed by atoms with Crippen LogP contribution in [0.1, 0.15) is 78.1 Å². The third-order valence-electron chi connectivity index (χ3n) is 5.01. The van der Waals surface area contributed by atoms with Crippen LogP contribution >= 0.6 is 7.82 Å². The standard InChI is InChI=1S/C23H47N2O6P/c1-6-8-10-11-12-13-14-15-16-22(26)21(24-23(27)17-9-7-2)20-31-32(28,29)30-19-18-25(3,4)5/h15-16,21-22,26H,6-14,17-20H2,1-5H3,(H-,24,27,28,29)/p+1/b16-15+. The Balaban J connectivity index is 4.69. The molecule has 9 heteroatoms. The highest BCUT2D eigenvalue weighted by Crippen LogP contribution is 2.43. The van der Waals surface area contributed by atoms with E-state index in [9.17, 15) is 19.4 Å². The molecule has 0 saturated heterocycles. The Morgan fingerprint density at radius 1 is 1.03 bits per heavy atom. The molecule has 0 aromatic carbocycles. The summed E-state index contributed by atoms with van der Waals surface area (Å²) in [7, 11) is 1.56. The van der Waals surface area contributed by atoms with Crippen molar-refractivity contribution < 1.29 is 32.9 Å². The minimum Gasteiger partial charge on any atom is -0.387 e. The molecule has 0 aliphatic carbocycles. The number of aliphatic hydroxyl groups is 1. The maximum atomic E-state index is 12.2. The lowest BCUT2D eigenvalue weighted by atomic mass is 10.1. The highest BCUT2D eigenvalue weighted by molar-refractivity contribution is 7.47. The average molecular weight is 480 g/mol. The van der Waals surface area contributed by atoms with Crippen LogP contribution in [0.3, 0.4) is 0 Å². The van der Waals surface area contributed by atoms with E-state index in [-0.39, 0.29) is 19.1 Å². The number of quaternary nitrogens is 1. The molecular weight excluding hydrogens is 431 g/mol. The van der Waals surface area contributed by atoms with Crippen LogP contribution in [-0.4, -0.2) is 73.4 Å². The van der Waals surface area contributed by atoms with Gasteiger partial charge in [-0.3, -0.25) is 13.8 Å². The molecule has 0 aromatic heterocycles. The number of amides is 1. The van der Waals surface area contributed by atoms with E-state index in [1.807, 2.05) is 34.1 Å². The smallest absolute Gasteiger partial charge is 0.387 e. The second kappa shape index (κ2) is 17.7. The van der Waals surface area contributed by atoms with Crippen molar-refractivity contribution in [2.45, 2.75) is 90.2 Å². The lowest BCUT2D eigenvalue weighted by molar-refractivity contribution is -0.870. The number of rotatable bonds is 20. The molecule has 0 spiro atoms. The van der Waals surface area contributed by atoms with Crippen molar-refractivity contribution in [1.29, 1.82) is 0 Å². The molecule has 8 nitrogen and oxygen atoms in total. The highest BCUT2D eigenvalue weighted by atomic mass is 31.2. The summed E-state index contributed by atoms with van der Waals surface area (Å²) in [4.78, 5) is 22.1.